The number of nitrogens with zero attached hydrogens (tertiary/aromatic N) is 2. The Morgan fingerprint density at radius 2 is 1.65 bits per heavy atom. The number of sulfone groups is 1. The van der Waals surface area contributed by atoms with Crippen LogP contribution >= 0.6 is 23.2 Å². The molecule has 49 heavy (non-hydrogen) atoms. The zero-order chi connectivity index (χ0) is 36.5. The van der Waals surface area contributed by atoms with Crippen LogP contribution in [0, 0.1) is 10.1 Å². The first-order chi connectivity index (χ1) is 22.7. The lowest BCUT2D eigenvalue weighted by Crippen LogP contribution is -2.29. The first-order valence-electron chi connectivity index (χ1n) is 13.5. The number of carbonyl (C=O) groups is 2. The third kappa shape index (κ3) is 9.56. The Morgan fingerprint density at radius 3 is 2.20 bits per heavy atom. The molecule has 3 aromatic carbocycles. The minimum Gasteiger partial charge on any atom is -0.456 e. The van der Waals surface area contributed by atoms with Gasteiger partial charge in [-0.1, -0.05) is 28.4 Å². The number of rotatable bonds is 9. The van der Waals surface area contributed by atoms with Gasteiger partial charge >= 0.3 is 6.18 Å². The first kappa shape index (κ1) is 37.3. The Hall–Kier alpha value is -4.52. The summed E-state index contributed by atoms with van der Waals surface area (Å²) >= 11 is 11.6. The fourth-order valence-electron chi connectivity index (χ4n) is 4.22. The largest absolute Gasteiger partial charge is 0.456 e. The smallest absolute Gasteiger partial charge is 0.416 e. The van der Waals surface area contributed by atoms with E-state index in [4.69, 9.17) is 32.5 Å². The molecule has 0 spiro atoms. The topological polar surface area (TPSA) is 193 Å². The van der Waals surface area contributed by atoms with Crippen LogP contribution in [0.15, 0.2) is 70.2 Å². The van der Waals surface area contributed by atoms with Crippen LogP contribution < -0.4 is 9.46 Å². The normalized spacial score (nSPS) is 13.2. The third-order valence-electron chi connectivity index (χ3n) is 6.55. The highest BCUT2D eigenvalue weighted by Gasteiger charge is 2.34. The molecule has 0 saturated heterocycles. The average molecular weight is 765 g/mol. The second-order valence-corrected chi connectivity index (χ2v) is 15.1. The van der Waals surface area contributed by atoms with Crippen molar-refractivity contribution in [3.63, 3.8) is 0 Å². The van der Waals surface area contributed by atoms with Gasteiger partial charge in [0.1, 0.15) is 17.1 Å². The molecule has 0 aliphatic heterocycles. The summed E-state index contributed by atoms with van der Waals surface area (Å²) in [5.41, 5.74) is -1.93. The van der Waals surface area contributed by atoms with Gasteiger partial charge in [0.25, 0.3) is 11.6 Å². The van der Waals surface area contributed by atoms with Gasteiger partial charge in [-0.05, 0) is 55.3 Å². The van der Waals surface area contributed by atoms with Gasteiger partial charge in [-0.25, -0.2) is 21.6 Å². The molecule has 0 bridgehead atoms. The van der Waals surface area contributed by atoms with Gasteiger partial charge in [-0.2, -0.15) is 13.2 Å². The van der Waals surface area contributed by atoms with Crippen LogP contribution in [0.1, 0.15) is 56.4 Å². The number of aromatic nitrogens is 1. The molecule has 1 aromatic heterocycles. The molecule has 0 unspecified atom stereocenters. The maximum atomic E-state index is 12.7. The van der Waals surface area contributed by atoms with E-state index in [0.717, 1.165) is 43.4 Å². The zero-order valence-corrected chi connectivity index (χ0v) is 28.1. The fourth-order valence-corrected chi connectivity index (χ4v) is 6.03. The van der Waals surface area contributed by atoms with Crippen molar-refractivity contribution in [1.29, 1.82) is 0 Å². The Bertz CT molecular complexity index is 2190. The number of ether oxygens (including phenoxy) is 1. The van der Waals surface area contributed by atoms with Gasteiger partial charge in [0.05, 0.1) is 38.4 Å². The van der Waals surface area contributed by atoms with E-state index < -0.39 is 64.5 Å². The summed E-state index contributed by atoms with van der Waals surface area (Å²) in [5.74, 6) is -1.34. The number of halogens is 5. The van der Waals surface area contributed by atoms with Crippen molar-refractivity contribution in [2.24, 2.45) is 0 Å². The van der Waals surface area contributed by atoms with Crippen molar-refractivity contribution in [2.75, 3.05) is 12.5 Å². The van der Waals surface area contributed by atoms with E-state index >= 15 is 0 Å². The second-order valence-electron chi connectivity index (χ2n) is 10.5. The van der Waals surface area contributed by atoms with Crippen molar-refractivity contribution in [2.45, 2.75) is 29.8 Å². The Balaban J connectivity index is 0.000000229. The molecule has 0 atom stereocenters. The lowest BCUT2D eigenvalue weighted by molar-refractivity contribution is -0.385. The molecule has 20 heteroatoms. The molecule has 1 saturated carbocycles. The maximum absolute atomic E-state index is 12.7. The molecular formula is C29H22Cl2F3N3O10S2. The molecular weight excluding hydrogens is 742 g/mol. The SMILES string of the molecule is CS(=O)(=O)NC(=O)c1cc(Oc2ccc(C(F)(F)F)cc2Cl)ccc1[N+](=O)[O-].CS(=O)(=O)c1cc(Cl)ccc1C(=O)c1cnoc1C1CC1. The number of carbonyl (C=O) groups excluding carboxylic acids is 2. The number of alkyl halides is 3. The van der Waals surface area contributed by atoms with Crippen LogP contribution in [0.5, 0.6) is 11.5 Å². The lowest BCUT2D eigenvalue weighted by atomic mass is 10.0. The minimum absolute atomic E-state index is 0.0806. The van der Waals surface area contributed by atoms with Gasteiger partial charge in [-0.3, -0.25) is 19.7 Å². The highest BCUT2D eigenvalue weighted by atomic mass is 35.5. The number of nitro groups is 1. The van der Waals surface area contributed by atoms with Gasteiger partial charge in [0.15, 0.2) is 21.4 Å². The van der Waals surface area contributed by atoms with E-state index in [2.05, 4.69) is 5.16 Å². The molecule has 5 rings (SSSR count). The van der Waals surface area contributed by atoms with E-state index in [-0.39, 0.29) is 32.9 Å². The summed E-state index contributed by atoms with van der Waals surface area (Å²) in [6, 6.07) is 9.29. The van der Waals surface area contributed by atoms with E-state index in [1.807, 2.05) is 0 Å². The van der Waals surface area contributed by atoms with E-state index in [9.17, 15) is 49.7 Å². The molecule has 4 aromatic rings. The summed E-state index contributed by atoms with van der Waals surface area (Å²) in [7, 11) is -7.57. The molecule has 1 aliphatic rings. The van der Waals surface area contributed by atoms with Crippen molar-refractivity contribution in [1.82, 2.24) is 9.88 Å². The summed E-state index contributed by atoms with van der Waals surface area (Å²) < 4.78 is 96.1. The lowest BCUT2D eigenvalue weighted by Gasteiger charge is -2.12. The van der Waals surface area contributed by atoms with Crippen LogP contribution in [0.4, 0.5) is 18.9 Å². The van der Waals surface area contributed by atoms with Crippen LogP contribution in [-0.2, 0) is 26.0 Å². The van der Waals surface area contributed by atoms with Crippen molar-refractivity contribution in [3.05, 3.63) is 109 Å². The van der Waals surface area contributed by atoms with Crippen LogP contribution in [0.3, 0.4) is 0 Å². The maximum Gasteiger partial charge on any atom is 0.416 e. The Kier molecular flexibility index (Phi) is 10.8. The molecule has 1 fully saturated rings. The number of ketones is 1. The van der Waals surface area contributed by atoms with Crippen molar-refractivity contribution < 1.29 is 53.8 Å². The first-order valence-corrected chi connectivity index (χ1v) is 18.0. The summed E-state index contributed by atoms with van der Waals surface area (Å²) in [4.78, 5) is 34.7. The highest BCUT2D eigenvalue weighted by molar-refractivity contribution is 7.90. The van der Waals surface area contributed by atoms with Crippen molar-refractivity contribution >= 4 is 60.4 Å². The summed E-state index contributed by atoms with van der Waals surface area (Å²) in [5, 5.41) is 14.6. The molecule has 1 N–H and O–H groups in total. The Morgan fingerprint density at radius 1 is 0.980 bits per heavy atom. The standard InChI is InChI=1S/C15H10ClF3N2O6S.C14H12ClNO4S/c1-28(25,26)20-14(22)10-7-9(3-4-12(10)21(23)24)27-13-5-2-8(6-11(13)16)15(17,18)19;1-21(18,19)12-6-9(15)4-5-10(12)13(17)11-7-16-20-14(11)8-2-3-8/h2-7H,1H3,(H,20,22);4-8H,2-3H2,1H3. The van der Waals surface area contributed by atoms with Crippen molar-refractivity contribution in [3.8, 4) is 11.5 Å². The van der Waals surface area contributed by atoms with Gasteiger partial charge in [0, 0.05) is 34.9 Å². The molecule has 0 radical (unpaired) electrons. The van der Waals surface area contributed by atoms with E-state index in [1.165, 1.54) is 24.4 Å². The predicted octanol–water partition coefficient (Wildman–Crippen LogP) is 6.59. The average Bonchev–Trinajstić information content (AvgIpc) is 3.71. The van der Waals surface area contributed by atoms with Crippen LogP contribution in [0.2, 0.25) is 10.0 Å². The summed E-state index contributed by atoms with van der Waals surface area (Å²) in [6.45, 7) is 0. The minimum atomic E-state index is -4.62. The second kappa shape index (κ2) is 14.1. The number of amides is 1. The summed E-state index contributed by atoms with van der Waals surface area (Å²) in [6.07, 6.45) is 0.358. The van der Waals surface area contributed by atoms with Gasteiger partial charge in [0.2, 0.25) is 10.0 Å². The number of nitrogens with one attached hydrogen (secondary N) is 1. The fraction of sp³-hybridized carbons (Fsp3) is 0.207. The molecule has 1 aliphatic carbocycles. The molecule has 260 valence electrons. The van der Waals surface area contributed by atoms with Gasteiger partial charge < -0.3 is 9.26 Å². The van der Waals surface area contributed by atoms with Crippen LogP contribution in [0.25, 0.3) is 0 Å². The number of nitro benzene ring substituents is 1. The highest BCUT2D eigenvalue weighted by Crippen LogP contribution is 2.42. The number of hydrogen-bond acceptors (Lipinski definition) is 11. The number of benzene rings is 3. The monoisotopic (exact) mass is 763 g/mol. The molecule has 1 heterocycles. The predicted molar refractivity (Wildman–Crippen MR) is 168 cm³/mol. The Labute approximate surface area is 286 Å². The number of sulfonamides is 1. The van der Waals surface area contributed by atoms with Crippen LogP contribution in [-0.4, -0.2) is 51.1 Å². The number of hydrogen-bond donors (Lipinski definition) is 1. The third-order valence-corrected chi connectivity index (χ3v) is 8.78. The van der Waals surface area contributed by atoms with E-state index in [1.54, 1.807) is 4.72 Å². The molecule has 13 nitrogen and oxygen atoms in total. The molecule has 1 amide bonds. The van der Waals surface area contributed by atoms with Gasteiger partial charge in [-0.15, -0.1) is 0 Å². The quantitative estimate of drug-likeness (QED) is 0.110. The van der Waals surface area contributed by atoms with E-state index in [0.29, 0.717) is 29.7 Å². The zero-order valence-electron chi connectivity index (χ0n) is 24.9.